The van der Waals surface area contributed by atoms with Crippen molar-refractivity contribution in [2.45, 2.75) is 13.5 Å². The number of hydrogen-bond acceptors (Lipinski definition) is 1. The van der Waals surface area contributed by atoms with Crippen molar-refractivity contribution >= 4 is 21.8 Å². The van der Waals surface area contributed by atoms with Gasteiger partial charge in [0.05, 0.1) is 5.52 Å². The Morgan fingerprint density at radius 1 is 0.864 bits per heavy atom. The Balaban J connectivity index is 1.79. The van der Waals surface area contributed by atoms with Crippen LogP contribution in [0.15, 0.2) is 66.7 Å². The lowest BCUT2D eigenvalue weighted by Crippen LogP contribution is -1.96. The molecule has 0 aliphatic heterocycles. The average molecular weight is 287 g/mol. The highest BCUT2D eigenvalue weighted by Crippen LogP contribution is 2.33. The van der Waals surface area contributed by atoms with Gasteiger partial charge in [-0.3, -0.25) is 0 Å². The van der Waals surface area contributed by atoms with Crippen molar-refractivity contribution in [3.63, 3.8) is 0 Å². The van der Waals surface area contributed by atoms with Crippen molar-refractivity contribution in [2.75, 3.05) is 0 Å². The fraction of sp³-hybridized carbons (Fsp3) is 0.100. The van der Waals surface area contributed by atoms with Gasteiger partial charge in [0, 0.05) is 16.3 Å². The fourth-order valence-corrected chi connectivity index (χ4v) is 2.91. The Morgan fingerprint density at radius 2 is 1.64 bits per heavy atom. The van der Waals surface area contributed by atoms with Crippen LogP contribution in [0.5, 0.6) is 5.75 Å². The number of nitrogens with one attached hydrogen (secondary N) is 1. The topological polar surface area (TPSA) is 25.0 Å². The standard InChI is InChI=1S/C20H17NO/c1-14-11-17-16-9-5-6-10-18(16)21-20(17)19(12-14)22-13-15-7-3-2-4-8-15/h2-12,21H,13H2,1H3. The Morgan fingerprint density at radius 3 is 2.50 bits per heavy atom. The summed E-state index contributed by atoms with van der Waals surface area (Å²) in [6.45, 7) is 2.69. The molecule has 4 rings (SSSR count). The molecule has 22 heavy (non-hydrogen) atoms. The highest BCUT2D eigenvalue weighted by atomic mass is 16.5. The van der Waals surface area contributed by atoms with Gasteiger partial charge < -0.3 is 9.72 Å². The highest BCUT2D eigenvalue weighted by molar-refractivity contribution is 6.09. The summed E-state index contributed by atoms with van der Waals surface area (Å²) in [5.74, 6) is 0.912. The molecular formula is C20H17NO. The van der Waals surface area contributed by atoms with Gasteiger partial charge in [-0.2, -0.15) is 0 Å². The van der Waals surface area contributed by atoms with Gasteiger partial charge in [0.15, 0.2) is 0 Å². The summed E-state index contributed by atoms with van der Waals surface area (Å²) in [5.41, 5.74) is 4.60. The van der Waals surface area contributed by atoms with Crippen LogP contribution in [0.1, 0.15) is 11.1 Å². The molecule has 0 fully saturated rings. The molecule has 0 bridgehead atoms. The fourth-order valence-electron chi connectivity index (χ4n) is 2.91. The summed E-state index contributed by atoms with van der Waals surface area (Å²) in [4.78, 5) is 3.49. The minimum absolute atomic E-state index is 0.578. The van der Waals surface area contributed by atoms with Crippen molar-refractivity contribution < 1.29 is 4.74 Å². The van der Waals surface area contributed by atoms with Gasteiger partial charge in [-0.15, -0.1) is 0 Å². The van der Waals surface area contributed by atoms with Crippen LogP contribution in [0.3, 0.4) is 0 Å². The van der Waals surface area contributed by atoms with Gasteiger partial charge in [-0.05, 0) is 36.2 Å². The zero-order valence-electron chi connectivity index (χ0n) is 12.5. The summed E-state index contributed by atoms with van der Waals surface area (Å²) >= 11 is 0. The first-order chi connectivity index (χ1) is 10.8. The number of H-pyrrole nitrogens is 1. The predicted octanol–water partition coefficient (Wildman–Crippen LogP) is 5.21. The minimum atomic E-state index is 0.578. The zero-order valence-corrected chi connectivity index (χ0v) is 12.5. The van der Waals surface area contributed by atoms with Crippen LogP contribution in [-0.2, 0) is 6.61 Å². The van der Waals surface area contributed by atoms with Crippen LogP contribution in [0, 0.1) is 6.92 Å². The highest BCUT2D eigenvalue weighted by Gasteiger charge is 2.10. The second-order valence-corrected chi connectivity index (χ2v) is 5.63. The second kappa shape index (κ2) is 5.23. The molecule has 1 heterocycles. The number of aryl methyl sites for hydroxylation is 1. The van der Waals surface area contributed by atoms with Crippen molar-refractivity contribution in [1.29, 1.82) is 0 Å². The third-order valence-corrected chi connectivity index (χ3v) is 3.96. The van der Waals surface area contributed by atoms with Crippen LogP contribution in [0.25, 0.3) is 21.8 Å². The molecule has 3 aromatic carbocycles. The third kappa shape index (κ3) is 2.23. The van der Waals surface area contributed by atoms with E-state index in [0.717, 1.165) is 16.8 Å². The van der Waals surface area contributed by atoms with E-state index in [1.807, 2.05) is 18.2 Å². The van der Waals surface area contributed by atoms with Crippen molar-refractivity contribution in [2.24, 2.45) is 0 Å². The van der Waals surface area contributed by atoms with Gasteiger partial charge in [0.1, 0.15) is 12.4 Å². The van der Waals surface area contributed by atoms with E-state index in [-0.39, 0.29) is 0 Å². The number of aromatic amines is 1. The van der Waals surface area contributed by atoms with Crippen LogP contribution in [-0.4, -0.2) is 4.98 Å². The van der Waals surface area contributed by atoms with Gasteiger partial charge in [-0.1, -0.05) is 48.5 Å². The van der Waals surface area contributed by atoms with Crippen molar-refractivity contribution in [1.82, 2.24) is 4.98 Å². The molecule has 0 unspecified atom stereocenters. The molecule has 0 aliphatic rings. The maximum absolute atomic E-state index is 6.08. The molecule has 0 saturated carbocycles. The van der Waals surface area contributed by atoms with E-state index < -0.39 is 0 Å². The van der Waals surface area contributed by atoms with E-state index >= 15 is 0 Å². The lowest BCUT2D eigenvalue weighted by atomic mass is 10.1. The van der Waals surface area contributed by atoms with E-state index in [0.29, 0.717) is 6.61 Å². The van der Waals surface area contributed by atoms with Crippen molar-refractivity contribution in [3.8, 4) is 5.75 Å². The lowest BCUT2D eigenvalue weighted by molar-refractivity contribution is 0.309. The quantitative estimate of drug-likeness (QED) is 0.550. The number of fused-ring (bicyclic) bond motifs is 3. The molecule has 0 saturated heterocycles. The van der Waals surface area contributed by atoms with Crippen LogP contribution < -0.4 is 4.74 Å². The van der Waals surface area contributed by atoms with Gasteiger partial charge in [0.2, 0.25) is 0 Å². The smallest absolute Gasteiger partial charge is 0.144 e. The number of rotatable bonds is 3. The molecule has 2 heteroatoms. The van der Waals surface area contributed by atoms with Crippen LogP contribution in [0.2, 0.25) is 0 Å². The summed E-state index contributed by atoms with van der Waals surface area (Å²) < 4.78 is 6.08. The SMILES string of the molecule is Cc1cc(OCc2ccccc2)c2[nH]c3ccccc3c2c1. The third-order valence-electron chi connectivity index (χ3n) is 3.96. The number of hydrogen-bond donors (Lipinski definition) is 1. The molecule has 0 spiro atoms. The predicted molar refractivity (Wildman–Crippen MR) is 91.3 cm³/mol. The Kier molecular flexibility index (Phi) is 3.08. The minimum Gasteiger partial charge on any atom is -0.487 e. The van der Waals surface area contributed by atoms with E-state index in [1.54, 1.807) is 0 Å². The Bertz CT molecular complexity index is 938. The maximum Gasteiger partial charge on any atom is 0.144 e. The van der Waals surface area contributed by atoms with E-state index in [4.69, 9.17) is 4.74 Å². The number of benzene rings is 3. The first kappa shape index (κ1) is 13.0. The Hall–Kier alpha value is -2.74. The molecule has 0 amide bonds. The largest absolute Gasteiger partial charge is 0.487 e. The van der Waals surface area contributed by atoms with E-state index in [9.17, 15) is 0 Å². The molecule has 1 N–H and O–H groups in total. The molecule has 0 aliphatic carbocycles. The van der Waals surface area contributed by atoms with Crippen molar-refractivity contribution in [3.05, 3.63) is 77.9 Å². The van der Waals surface area contributed by atoms with E-state index in [2.05, 4.69) is 60.4 Å². The summed E-state index contributed by atoms with van der Waals surface area (Å²) in [6.07, 6.45) is 0. The number of para-hydroxylation sites is 1. The molecule has 0 atom stereocenters. The summed E-state index contributed by atoms with van der Waals surface area (Å²) in [7, 11) is 0. The van der Waals surface area contributed by atoms with E-state index in [1.165, 1.54) is 21.9 Å². The average Bonchev–Trinajstić information content (AvgIpc) is 2.92. The second-order valence-electron chi connectivity index (χ2n) is 5.63. The molecule has 0 radical (unpaired) electrons. The lowest BCUT2D eigenvalue weighted by Gasteiger charge is -2.08. The maximum atomic E-state index is 6.08. The molecule has 2 nitrogen and oxygen atoms in total. The van der Waals surface area contributed by atoms with Crippen LogP contribution >= 0.6 is 0 Å². The summed E-state index contributed by atoms with van der Waals surface area (Å²) in [6, 6.07) is 22.9. The molecule has 4 aromatic rings. The van der Waals surface area contributed by atoms with Crippen LogP contribution in [0.4, 0.5) is 0 Å². The number of aromatic nitrogens is 1. The van der Waals surface area contributed by atoms with Gasteiger partial charge in [-0.25, -0.2) is 0 Å². The first-order valence-corrected chi connectivity index (χ1v) is 7.49. The molecule has 1 aromatic heterocycles. The van der Waals surface area contributed by atoms with Gasteiger partial charge in [0.25, 0.3) is 0 Å². The normalized spacial score (nSPS) is 11.1. The molecule has 108 valence electrons. The molecular weight excluding hydrogens is 270 g/mol. The van der Waals surface area contributed by atoms with Gasteiger partial charge >= 0.3 is 0 Å². The Labute approximate surface area is 129 Å². The first-order valence-electron chi connectivity index (χ1n) is 7.49. The summed E-state index contributed by atoms with van der Waals surface area (Å²) in [5, 5.41) is 2.46. The monoisotopic (exact) mass is 287 g/mol. The zero-order chi connectivity index (χ0) is 14.9. The number of ether oxygens (including phenoxy) is 1.